The molecule has 140 valence electrons. The number of nitrogens with two attached hydrogens (primary N) is 1. The number of amides is 1. The predicted molar refractivity (Wildman–Crippen MR) is 99.1 cm³/mol. The number of anilines is 1. The number of primary amides is 1. The number of rotatable bonds is 6. The molecule has 0 aromatic carbocycles. The van der Waals surface area contributed by atoms with Crippen molar-refractivity contribution in [2.75, 3.05) is 31.1 Å². The van der Waals surface area contributed by atoms with E-state index in [1.807, 2.05) is 26.0 Å². The Morgan fingerprint density at radius 2 is 2.12 bits per heavy atom. The second-order valence-electron chi connectivity index (χ2n) is 6.78. The van der Waals surface area contributed by atoms with Crippen LogP contribution in [0.2, 0.25) is 0 Å². The number of aryl methyl sites for hydroxylation is 2. The summed E-state index contributed by atoms with van der Waals surface area (Å²) in [4.78, 5) is 20.7. The molecule has 3 rings (SSSR count). The van der Waals surface area contributed by atoms with E-state index in [4.69, 9.17) is 10.2 Å². The topological polar surface area (TPSA) is 95.8 Å². The quantitative estimate of drug-likeness (QED) is 0.812. The van der Waals surface area contributed by atoms with Crippen LogP contribution in [0.4, 0.5) is 5.82 Å². The number of aliphatic hydroxyl groups excluding tert-OH is 1. The van der Waals surface area contributed by atoms with Gasteiger partial charge in [-0.3, -0.25) is 9.69 Å². The van der Waals surface area contributed by atoms with Crippen LogP contribution >= 0.6 is 0 Å². The first kappa shape index (κ1) is 18.4. The summed E-state index contributed by atoms with van der Waals surface area (Å²) in [6.07, 6.45) is 0.647. The molecule has 0 saturated carbocycles. The van der Waals surface area contributed by atoms with Gasteiger partial charge in [0.1, 0.15) is 17.3 Å². The van der Waals surface area contributed by atoms with Crippen molar-refractivity contribution >= 4 is 11.7 Å². The third-order valence-corrected chi connectivity index (χ3v) is 4.80. The highest BCUT2D eigenvalue weighted by atomic mass is 16.3. The van der Waals surface area contributed by atoms with E-state index in [0.717, 1.165) is 30.3 Å². The van der Waals surface area contributed by atoms with Crippen LogP contribution in [-0.2, 0) is 6.54 Å². The van der Waals surface area contributed by atoms with Gasteiger partial charge in [0.15, 0.2) is 0 Å². The van der Waals surface area contributed by atoms with Crippen LogP contribution in [0.1, 0.15) is 34.0 Å². The number of carbonyl (C=O) groups is 1. The van der Waals surface area contributed by atoms with Gasteiger partial charge in [-0.25, -0.2) is 4.98 Å². The smallest absolute Gasteiger partial charge is 0.252 e. The number of furan rings is 1. The molecule has 1 fully saturated rings. The van der Waals surface area contributed by atoms with E-state index in [1.165, 1.54) is 0 Å². The number of carbonyl (C=O) groups excluding carboxylic acids is 1. The molecule has 1 aliphatic rings. The van der Waals surface area contributed by atoms with Crippen molar-refractivity contribution < 1.29 is 14.3 Å². The molecule has 1 saturated heterocycles. The molecular formula is C19H26N4O3. The highest BCUT2D eigenvalue weighted by molar-refractivity contribution is 5.97. The number of hydrogen-bond donors (Lipinski definition) is 2. The molecule has 7 heteroatoms. The van der Waals surface area contributed by atoms with Crippen LogP contribution in [0, 0.1) is 13.8 Å². The number of hydrogen-bond acceptors (Lipinski definition) is 6. The first-order valence-corrected chi connectivity index (χ1v) is 8.90. The number of nitrogens with zero attached hydrogens (tertiary/aromatic N) is 3. The van der Waals surface area contributed by atoms with Gasteiger partial charge < -0.3 is 20.2 Å². The zero-order valence-corrected chi connectivity index (χ0v) is 15.3. The van der Waals surface area contributed by atoms with E-state index in [2.05, 4.69) is 14.8 Å². The molecule has 0 bridgehead atoms. The van der Waals surface area contributed by atoms with E-state index in [1.54, 1.807) is 12.1 Å². The zero-order valence-electron chi connectivity index (χ0n) is 15.3. The van der Waals surface area contributed by atoms with Crippen molar-refractivity contribution in [3.05, 3.63) is 47.0 Å². The van der Waals surface area contributed by atoms with Gasteiger partial charge in [0.05, 0.1) is 12.1 Å². The van der Waals surface area contributed by atoms with E-state index >= 15 is 0 Å². The van der Waals surface area contributed by atoms with Crippen molar-refractivity contribution in [3.8, 4) is 0 Å². The van der Waals surface area contributed by atoms with Crippen LogP contribution in [-0.4, -0.2) is 53.2 Å². The maximum atomic E-state index is 11.8. The lowest BCUT2D eigenvalue weighted by molar-refractivity contribution is 0.0999. The largest absolute Gasteiger partial charge is 0.465 e. The molecule has 3 heterocycles. The normalized spacial score (nSPS) is 18.3. The Balaban J connectivity index is 1.79. The molecule has 2 aromatic heterocycles. The summed E-state index contributed by atoms with van der Waals surface area (Å²) in [7, 11) is 0. The molecule has 7 nitrogen and oxygen atoms in total. The maximum absolute atomic E-state index is 11.8. The van der Waals surface area contributed by atoms with Crippen molar-refractivity contribution in [2.24, 2.45) is 5.73 Å². The van der Waals surface area contributed by atoms with Crippen molar-refractivity contribution in [2.45, 2.75) is 32.9 Å². The number of aliphatic hydroxyl groups is 1. The molecular weight excluding hydrogens is 332 g/mol. The average molecular weight is 358 g/mol. The standard InChI is InChI=1S/C19H26N4O3/c1-13-3-6-17(18(20)25)19(21-13)23-9-8-22(15(11-23)7-10-24)12-16-5-4-14(2)26-16/h3-6,15,24H,7-12H2,1-2H3,(H2,20,25). The van der Waals surface area contributed by atoms with Gasteiger partial charge in [-0.05, 0) is 44.5 Å². The molecule has 0 spiro atoms. The summed E-state index contributed by atoms with van der Waals surface area (Å²) in [5.41, 5.74) is 6.81. The SMILES string of the molecule is Cc1ccc(C(N)=O)c(N2CCN(Cc3ccc(C)o3)C(CCO)C2)n1. The molecule has 1 atom stereocenters. The Morgan fingerprint density at radius 1 is 1.31 bits per heavy atom. The zero-order chi connectivity index (χ0) is 18.7. The lowest BCUT2D eigenvalue weighted by Gasteiger charge is -2.42. The minimum absolute atomic E-state index is 0.107. The second kappa shape index (κ2) is 7.88. The first-order chi connectivity index (χ1) is 12.5. The van der Waals surface area contributed by atoms with Gasteiger partial charge in [0, 0.05) is 38.0 Å². The van der Waals surface area contributed by atoms with E-state index in [0.29, 0.717) is 30.9 Å². The van der Waals surface area contributed by atoms with Crippen LogP contribution in [0.3, 0.4) is 0 Å². The summed E-state index contributed by atoms with van der Waals surface area (Å²) in [5, 5.41) is 9.49. The Hall–Kier alpha value is -2.38. The highest BCUT2D eigenvalue weighted by Crippen LogP contribution is 2.24. The summed E-state index contributed by atoms with van der Waals surface area (Å²) < 4.78 is 5.70. The predicted octanol–water partition coefficient (Wildman–Crippen LogP) is 1.46. The van der Waals surface area contributed by atoms with Crippen molar-refractivity contribution in [1.29, 1.82) is 0 Å². The minimum atomic E-state index is -0.473. The molecule has 1 unspecified atom stereocenters. The number of aromatic nitrogens is 1. The molecule has 0 radical (unpaired) electrons. The molecule has 3 N–H and O–H groups in total. The van der Waals surface area contributed by atoms with Gasteiger partial charge in [0.2, 0.25) is 0 Å². The van der Waals surface area contributed by atoms with Gasteiger partial charge in [0.25, 0.3) is 5.91 Å². The van der Waals surface area contributed by atoms with Crippen LogP contribution < -0.4 is 10.6 Å². The van der Waals surface area contributed by atoms with E-state index in [9.17, 15) is 9.90 Å². The van der Waals surface area contributed by atoms with Crippen molar-refractivity contribution in [1.82, 2.24) is 9.88 Å². The molecule has 1 aliphatic heterocycles. The third-order valence-electron chi connectivity index (χ3n) is 4.80. The molecule has 26 heavy (non-hydrogen) atoms. The third kappa shape index (κ3) is 4.05. The van der Waals surface area contributed by atoms with Crippen LogP contribution in [0.5, 0.6) is 0 Å². The van der Waals surface area contributed by atoms with Crippen LogP contribution in [0.15, 0.2) is 28.7 Å². The molecule has 1 amide bonds. The van der Waals surface area contributed by atoms with Crippen molar-refractivity contribution in [3.63, 3.8) is 0 Å². The van der Waals surface area contributed by atoms with Gasteiger partial charge >= 0.3 is 0 Å². The fourth-order valence-electron chi connectivity index (χ4n) is 3.46. The maximum Gasteiger partial charge on any atom is 0.252 e. The number of pyridine rings is 1. The van der Waals surface area contributed by atoms with E-state index in [-0.39, 0.29) is 12.6 Å². The fourth-order valence-corrected chi connectivity index (χ4v) is 3.46. The minimum Gasteiger partial charge on any atom is -0.465 e. The number of piperazine rings is 1. The summed E-state index contributed by atoms with van der Waals surface area (Å²) in [6, 6.07) is 7.62. The summed E-state index contributed by atoms with van der Waals surface area (Å²) in [6.45, 7) is 6.84. The van der Waals surface area contributed by atoms with Gasteiger partial charge in [-0.2, -0.15) is 0 Å². The van der Waals surface area contributed by atoms with Gasteiger partial charge in [-0.15, -0.1) is 0 Å². The first-order valence-electron chi connectivity index (χ1n) is 8.90. The Bertz CT molecular complexity index is 774. The molecule has 2 aromatic rings. The summed E-state index contributed by atoms with van der Waals surface area (Å²) in [5.74, 6) is 1.98. The molecule has 0 aliphatic carbocycles. The Labute approximate surface area is 153 Å². The van der Waals surface area contributed by atoms with Crippen LogP contribution in [0.25, 0.3) is 0 Å². The highest BCUT2D eigenvalue weighted by Gasteiger charge is 2.29. The second-order valence-corrected chi connectivity index (χ2v) is 6.78. The van der Waals surface area contributed by atoms with E-state index < -0.39 is 5.91 Å². The Kier molecular flexibility index (Phi) is 5.58. The lowest BCUT2D eigenvalue weighted by atomic mass is 10.1. The Morgan fingerprint density at radius 3 is 2.77 bits per heavy atom. The summed E-state index contributed by atoms with van der Waals surface area (Å²) >= 11 is 0. The average Bonchev–Trinajstić information content (AvgIpc) is 3.01. The van der Waals surface area contributed by atoms with Gasteiger partial charge in [-0.1, -0.05) is 0 Å². The fraction of sp³-hybridized carbons (Fsp3) is 0.474. The monoisotopic (exact) mass is 358 g/mol. The lowest BCUT2D eigenvalue weighted by Crippen LogP contribution is -2.53.